The summed E-state index contributed by atoms with van der Waals surface area (Å²) in [6, 6.07) is 12.1. The number of ether oxygens (including phenoxy) is 2. The minimum Gasteiger partial charge on any atom is -0.493 e. The lowest BCUT2D eigenvalue weighted by Crippen LogP contribution is -2.54. The molecule has 2 aliphatic rings. The molecule has 11 heteroatoms. The fraction of sp³-hybridized carbons (Fsp3) is 0.469. The molecule has 1 unspecified atom stereocenters. The molecule has 0 spiro atoms. The summed E-state index contributed by atoms with van der Waals surface area (Å²) in [5.74, 6) is -1.89. The molecule has 43 heavy (non-hydrogen) atoms. The van der Waals surface area contributed by atoms with Crippen molar-refractivity contribution in [1.29, 1.82) is 0 Å². The van der Waals surface area contributed by atoms with Gasteiger partial charge in [0.05, 0.1) is 17.7 Å². The van der Waals surface area contributed by atoms with Gasteiger partial charge in [-0.2, -0.15) is 0 Å². The van der Waals surface area contributed by atoms with Crippen LogP contribution in [-0.2, 0) is 20.7 Å². The Balaban J connectivity index is 1.24. The SMILES string of the molecule is CN(CCCN(C)c1ccc(CCCOc2cccc3c2C(=O)N(C2CCC(=O)NC2=O)C3=O)cc1)C(=O)OC(C)(C)C. The van der Waals surface area contributed by atoms with Gasteiger partial charge in [-0.15, -0.1) is 0 Å². The van der Waals surface area contributed by atoms with Crippen LogP contribution in [0.15, 0.2) is 42.5 Å². The minimum atomic E-state index is -1.02. The Bertz CT molecular complexity index is 1380. The van der Waals surface area contributed by atoms with Gasteiger partial charge in [-0.25, -0.2) is 4.79 Å². The summed E-state index contributed by atoms with van der Waals surface area (Å²) in [7, 11) is 3.76. The average molecular weight is 593 g/mol. The minimum absolute atomic E-state index is 0.0673. The number of hydrogen-bond acceptors (Lipinski definition) is 8. The van der Waals surface area contributed by atoms with Gasteiger partial charge < -0.3 is 19.3 Å². The van der Waals surface area contributed by atoms with Gasteiger partial charge in [-0.05, 0) is 76.3 Å². The van der Waals surface area contributed by atoms with Crippen molar-refractivity contribution in [3.8, 4) is 5.75 Å². The number of hydrogen-bond donors (Lipinski definition) is 1. The zero-order valence-corrected chi connectivity index (χ0v) is 25.5. The number of amides is 5. The van der Waals surface area contributed by atoms with Crippen LogP contribution in [0, 0.1) is 0 Å². The van der Waals surface area contributed by atoms with Crippen LogP contribution < -0.4 is 15.0 Å². The number of piperidine rings is 1. The van der Waals surface area contributed by atoms with E-state index < -0.39 is 35.3 Å². The highest BCUT2D eigenvalue weighted by atomic mass is 16.6. The number of benzene rings is 2. The summed E-state index contributed by atoms with van der Waals surface area (Å²) in [5, 5.41) is 2.20. The maximum Gasteiger partial charge on any atom is 0.410 e. The summed E-state index contributed by atoms with van der Waals surface area (Å²) >= 11 is 0. The van der Waals surface area contributed by atoms with Crippen LogP contribution in [-0.4, -0.2) is 85.0 Å². The first-order valence-electron chi connectivity index (χ1n) is 14.6. The van der Waals surface area contributed by atoms with Gasteiger partial charge >= 0.3 is 6.09 Å². The lowest BCUT2D eigenvalue weighted by molar-refractivity contribution is -0.136. The molecular weight excluding hydrogens is 552 g/mol. The van der Waals surface area contributed by atoms with Gasteiger partial charge in [0.25, 0.3) is 11.8 Å². The number of rotatable bonds is 11. The number of anilines is 1. The van der Waals surface area contributed by atoms with E-state index in [9.17, 15) is 24.0 Å². The topological polar surface area (TPSA) is 126 Å². The van der Waals surface area contributed by atoms with Crippen molar-refractivity contribution in [2.24, 2.45) is 0 Å². The van der Waals surface area contributed by atoms with E-state index in [2.05, 4.69) is 34.5 Å². The van der Waals surface area contributed by atoms with E-state index in [1.54, 1.807) is 30.1 Å². The van der Waals surface area contributed by atoms with Crippen LogP contribution >= 0.6 is 0 Å². The standard InChI is InChI=1S/C32H40N4O7/c1-32(2,3)43-31(41)35(5)19-8-18-34(4)22-14-12-21(13-15-22)9-7-20-42-25-11-6-10-23-27(25)30(40)36(29(23)39)24-16-17-26(37)33-28(24)38/h6,10-15,24H,7-9,16-20H2,1-5H3,(H,33,37,38). The smallest absolute Gasteiger partial charge is 0.410 e. The lowest BCUT2D eigenvalue weighted by atomic mass is 10.0. The molecule has 5 amide bonds. The van der Waals surface area contributed by atoms with Gasteiger partial charge in [0.2, 0.25) is 11.8 Å². The Morgan fingerprint density at radius 1 is 0.977 bits per heavy atom. The van der Waals surface area contributed by atoms with Crippen LogP contribution in [0.3, 0.4) is 0 Å². The van der Waals surface area contributed by atoms with Crippen LogP contribution in [0.1, 0.15) is 72.7 Å². The van der Waals surface area contributed by atoms with Crippen molar-refractivity contribution in [2.45, 2.75) is 64.5 Å². The summed E-state index contributed by atoms with van der Waals surface area (Å²) < 4.78 is 11.3. The molecular formula is C32H40N4O7. The van der Waals surface area contributed by atoms with E-state index in [0.717, 1.165) is 35.5 Å². The first-order valence-corrected chi connectivity index (χ1v) is 14.6. The van der Waals surface area contributed by atoms with Crippen molar-refractivity contribution in [3.05, 3.63) is 59.2 Å². The van der Waals surface area contributed by atoms with E-state index >= 15 is 0 Å². The molecule has 0 radical (unpaired) electrons. The lowest BCUT2D eigenvalue weighted by Gasteiger charge is -2.27. The van der Waals surface area contributed by atoms with Gasteiger partial charge in [-0.3, -0.25) is 29.4 Å². The zero-order valence-electron chi connectivity index (χ0n) is 25.5. The number of imide groups is 2. The molecule has 0 aromatic heterocycles. The number of carbonyl (C=O) groups excluding carboxylic acids is 5. The maximum atomic E-state index is 13.2. The number of carbonyl (C=O) groups is 5. The summed E-state index contributed by atoms with van der Waals surface area (Å²) in [5.41, 5.74) is 2.05. The molecule has 1 N–H and O–H groups in total. The van der Waals surface area contributed by atoms with Gasteiger partial charge in [0, 0.05) is 39.3 Å². The quantitative estimate of drug-likeness (QED) is 0.309. The largest absolute Gasteiger partial charge is 0.493 e. The average Bonchev–Trinajstić information content (AvgIpc) is 3.20. The first kappa shape index (κ1) is 31.5. The Morgan fingerprint density at radius 2 is 1.70 bits per heavy atom. The Hall–Kier alpha value is -4.41. The highest BCUT2D eigenvalue weighted by Crippen LogP contribution is 2.33. The summed E-state index contributed by atoms with van der Waals surface area (Å²) in [6.45, 7) is 7.26. The zero-order chi connectivity index (χ0) is 31.3. The van der Waals surface area contributed by atoms with Crippen LogP contribution in [0.2, 0.25) is 0 Å². The Morgan fingerprint density at radius 3 is 2.37 bits per heavy atom. The third-order valence-corrected chi connectivity index (χ3v) is 7.37. The van der Waals surface area contributed by atoms with E-state index in [-0.39, 0.29) is 30.1 Å². The first-order chi connectivity index (χ1) is 20.4. The van der Waals surface area contributed by atoms with Crippen molar-refractivity contribution in [2.75, 3.05) is 38.7 Å². The second kappa shape index (κ2) is 13.3. The van der Waals surface area contributed by atoms with Crippen LogP contribution in [0.25, 0.3) is 0 Å². The van der Waals surface area contributed by atoms with Crippen molar-refractivity contribution < 1.29 is 33.4 Å². The van der Waals surface area contributed by atoms with Gasteiger partial charge in [0.15, 0.2) is 0 Å². The van der Waals surface area contributed by atoms with Crippen LogP contribution in [0.4, 0.5) is 10.5 Å². The molecule has 230 valence electrons. The molecule has 0 aliphatic carbocycles. The second-order valence-corrected chi connectivity index (χ2v) is 11.9. The molecule has 1 saturated heterocycles. The van der Waals surface area contributed by atoms with E-state index in [1.165, 1.54) is 0 Å². The van der Waals surface area contributed by atoms with Gasteiger partial charge in [-0.1, -0.05) is 18.2 Å². The normalized spacial score (nSPS) is 16.6. The van der Waals surface area contributed by atoms with Crippen molar-refractivity contribution >= 4 is 35.4 Å². The highest BCUT2D eigenvalue weighted by molar-refractivity contribution is 6.24. The van der Waals surface area contributed by atoms with Crippen molar-refractivity contribution in [1.82, 2.24) is 15.1 Å². The van der Waals surface area contributed by atoms with E-state index in [1.807, 2.05) is 27.8 Å². The molecule has 2 aromatic rings. The fourth-order valence-electron chi connectivity index (χ4n) is 5.09. The molecule has 4 rings (SSSR count). The highest BCUT2D eigenvalue weighted by Gasteiger charge is 2.46. The molecule has 0 saturated carbocycles. The number of nitrogens with zero attached hydrogens (tertiary/aromatic N) is 3. The van der Waals surface area contributed by atoms with E-state index in [0.29, 0.717) is 25.3 Å². The molecule has 11 nitrogen and oxygen atoms in total. The summed E-state index contributed by atoms with van der Waals surface area (Å²) in [4.78, 5) is 66.9. The Labute approximate surface area is 252 Å². The molecule has 1 atom stereocenters. The van der Waals surface area contributed by atoms with E-state index in [4.69, 9.17) is 9.47 Å². The molecule has 2 aromatic carbocycles. The molecule has 1 fully saturated rings. The van der Waals surface area contributed by atoms with Crippen molar-refractivity contribution in [3.63, 3.8) is 0 Å². The molecule has 2 aliphatic heterocycles. The number of fused-ring (bicyclic) bond motifs is 1. The summed E-state index contributed by atoms with van der Waals surface area (Å²) in [6.07, 6.45) is 2.09. The fourth-order valence-corrected chi connectivity index (χ4v) is 5.09. The number of nitrogens with one attached hydrogen (secondary N) is 1. The van der Waals surface area contributed by atoms with Crippen LogP contribution in [0.5, 0.6) is 5.75 Å². The second-order valence-electron chi connectivity index (χ2n) is 11.9. The third-order valence-electron chi connectivity index (χ3n) is 7.37. The Kier molecular flexibility index (Phi) is 9.73. The predicted molar refractivity (Wildman–Crippen MR) is 160 cm³/mol. The predicted octanol–water partition coefficient (Wildman–Crippen LogP) is 3.79. The molecule has 0 bridgehead atoms. The molecule has 2 heterocycles. The maximum absolute atomic E-state index is 13.2. The number of aryl methyl sites for hydroxylation is 1. The third kappa shape index (κ3) is 7.71. The monoisotopic (exact) mass is 592 g/mol. The van der Waals surface area contributed by atoms with Gasteiger partial charge in [0.1, 0.15) is 17.4 Å².